The lowest BCUT2D eigenvalue weighted by Crippen LogP contribution is -2.33. The molecule has 0 radical (unpaired) electrons. The van der Waals surface area contributed by atoms with Gasteiger partial charge in [-0.3, -0.25) is 0 Å². The molecule has 2 fully saturated rings. The Balaban J connectivity index is 1.13. The van der Waals surface area contributed by atoms with Crippen LogP contribution in [0.3, 0.4) is 0 Å². The minimum atomic E-state index is -0.516. The van der Waals surface area contributed by atoms with Crippen LogP contribution in [-0.2, 0) is 19.0 Å². The summed E-state index contributed by atoms with van der Waals surface area (Å²) in [4.78, 5) is 11.6. The van der Waals surface area contributed by atoms with E-state index in [9.17, 15) is 25.2 Å². The molecule has 4 N–H and O–H groups in total. The molecule has 3 rings (SSSR count). The molecule has 0 saturated carbocycles. The molecule has 8 nitrogen and oxygen atoms in total. The van der Waals surface area contributed by atoms with Gasteiger partial charge in [-0.15, -0.1) is 0 Å². The van der Waals surface area contributed by atoms with Gasteiger partial charge in [0, 0.05) is 5.57 Å². The zero-order valence-corrected chi connectivity index (χ0v) is 28.5. The van der Waals surface area contributed by atoms with Gasteiger partial charge in [-0.25, -0.2) is 4.79 Å². The summed E-state index contributed by atoms with van der Waals surface area (Å²) in [7, 11) is 0. The van der Waals surface area contributed by atoms with Gasteiger partial charge in [0.1, 0.15) is 6.10 Å². The van der Waals surface area contributed by atoms with Crippen molar-refractivity contribution in [2.45, 2.75) is 216 Å². The summed E-state index contributed by atoms with van der Waals surface area (Å²) < 4.78 is 17.7. The van der Waals surface area contributed by atoms with Crippen LogP contribution >= 0.6 is 0 Å². The Labute approximate surface area is 273 Å². The van der Waals surface area contributed by atoms with Crippen molar-refractivity contribution in [3.63, 3.8) is 0 Å². The number of carbonyl (C=O) groups is 1. The second-order valence-corrected chi connectivity index (χ2v) is 14.3. The number of hydrogen-bond donors (Lipinski definition) is 4. The van der Waals surface area contributed by atoms with Crippen LogP contribution in [0.4, 0.5) is 0 Å². The standard InChI is InChI=1S/C37H66O8/c1-27(38)16-13-14-18-30(39)19-15-21-32(41)34-23-25-36(45-34)35-24-22-33(44-35)31(40)20-12-10-8-6-4-3-5-7-9-11-17-29-26-28(2)43-37(29)42/h26-28,30-36,38-41H,3-25H2,1-2H3/t27?,28?,30?,31-,32+,33-,34-,35-,36-/m1/s1. The summed E-state index contributed by atoms with van der Waals surface area (Å²) in [5.74, 6) is -0.127. The molecule has 262 valence electrons. The van der Waals surface area contributed by atoms with Crippen molar-refractivity contribution in [1.82, 2.24) is 0 Å². The van der Waals surface area contributed by atoms with Crippen molar-refractivity contribution in [2.24, 2.45) is 0 Å². The molecule has 2 saturated heterocycles. The summed E-state index contributed by atoms with van der Waals surface area (Å²) in [6, 6.07) is 0. The number of esters is 1. The number of cyclic esters (lactones) is 1. The molecule has 0 amide bonds. The molecule has 0 aromatic carbocycles. The maximum atomic E-state index is 11.6. The van der Waals surface area contributed by atoms with Crippen LogP contribution in [-0.4, -0.2) is 81.3 Å². The van der Waals surface area contributed by atoms with Crippen molar-refractivity contribution in [3.8, 4) is 0 Å². The van der Waals surface area contributed by atoms with Crippen LogP contribution in [0.2, 0.25) is 0 Å². The summed E-state index contributed by atoms with van der Waals surface area (Å²) in [5.41, 5.74) is 0.858. The third kappa shape index (κ3) is 15.2. The second kappa shape index (κ2) is 21.8. The summed E-state index contributed by atoms with van der Waals surface area (Å²) in [5, 5.41) is 41.0. The summed E-state index contributed by atoms with van der Waals surface area (Å²) in [6.07, 6.45) is 22.6. The van der Waals surface area contributed by atoms with Crippen LogP contribution < -0.4 is 0 Å². The highest BCUT2D eigenvalue weighted by atomic mass is 16.6. The highest BCUT2D eigenvalue weighted by Crippen LogP contribution is 2.34. The molecular formula is C37H66O8. The average Bonchev–Trinajstić information content (AvgIpc) is 3.76. The van der Waals surface area contributed by atoms with Gasteiger partial charge in [0.15, 0.2) is 0 Å². The van der Waals surface area contributed by atoms with Crippen LogP contribution in [0.15, 0.2) is 11.6 Å². The zero-order valence-electron chi connectivity index (χ0n) is 28.5. The number of carbonyl (C=O) groups excluding carboxylic acids is 1. The molecule has 45 heavy (non-hydrogen) atoms. The molecule has 0 bridgehead atoms. The Kier molecular flexibility index (Phi) is 18.6. The minimum Gasteiger partial charge on any atom is -0.455 e. The predicted molar refractivity (Wildman–Crippen MR) is 177 cm³/mol. The van der Waals surface area contributed by atoms with Crippen molar-refractivity contribution in [2.75, 3.05) is 0 Å². The fraction of sp³-hybridized carbons (Fsp3) is 0.919. The van der Waals surface area contributed by atoms with E-state index in [-0.39, 0.29) is 48.7 Å². The Bertz CT molecular complexity index is 831. The van der Waals surface area contributed by atoms with E-state index in [2.05, 4.69) is 0 Å². The van der Waals surface area contributed by atoms with E-state index in [1.165, 1.54) is 44.9 Å². The molecule has 3 unspecified atom stereocenters. The van der Waals surface area contributed by atoms with Crippen LogP contribution in [0.1, 0.15) is 162 Å². The molecule has 3 heterocycles. The number of aliphatic hydroxyl groups excluding tert-OH is 4. The Morgan fingerprint density at radius 3 is 1.64 bits per heavy atom. The molecule has 0 aliphatic carbocycles. The number of ether oxygens (including phenoxy) is 3. The van der Waals surface area contributed by atoms with E-state index in [0.717, 1.165) is 95.5 Å². The molecule has 9 atom stereocenters. The number of rotatable bonds is 25. The maximum Gasteiger partial charge on any atom is 0.334 e. The zero-order chi connectivity index (χ0) is 32.4. The third-order valence-electron chi connectivity index (χ3n) is 10.1. The Morgan fingerprint density at radius 1 is 0.644 bits per heavy atom. The lowest BCUT2D eigenvalue weighted by atomic mass is 9.99. The van der Waals surface area contributed by atoms with Gasteiger partial charge in [0.05, 0.1) is 48.8 Å². The number of hydrogen-bond acceptors (Lipinski definition) is 8. The average molecular weight is 639 g/mol. The Morgan fingerprint density at radius 2 is 1.11 bits per heavy atom. The Hall–Kier alpha value is -1.03. The number of unbranched alkanes of at least 4 members (excludes halogenated alkanes) is 10. The van der Waals surface area contributed by atoms with Crippen molar-refractivity contribution in [1.29, 1.82) is 0 Å². The largest absolute Gasteiger partial charge is 0.455 e. The first-order chi connectivity index (χ1) is 21.7. The van der Waals surface area contributed by atoms with Crippen LogP contribution in [0.5, 0.6) is 0 Å². The van der Waals surface area contributed by atoms with Gasteiger partial charge in [-0.2, -0.15) is 0 Å². The summed E-state index contributed by atoms with van der Waals surface area (Å²) in [6.45, 7) is 3.70. The molecule has 3 aliphatic rings. The fourth-order valence-electron chi connectivity index (χ4n) is 7.29. The van der Waals surface area contributed by atoms with Gasteiger partial charge in [-0.05, 0) is 97.0 Å². The highest BCUT2D eigenvalue weighted by molar-refractivity contribution is 5.90. The highest BCUT2D eigenvalue weighted by Gasteiger charge is 2.40. The molecule has 0 spiro atoms. The van der Waals surface area contributed by atoms with Gasteiger partial charge in [-0.1, -0.05) is 70.6 Å². The topological polar surface area (TPSA) is 126 Å². The van der Waals surface area contributed by atoms with E-state index in [1.54, 1.807) is 6.92 Å². The quantitative estimate of drug-likeness (QED) is 0.0634. The van der Waals surface area contributed by atoms with Gasteiger partial charge < -0.3 is 34.6 Å². The first-order valence-corrected chi connectivity index (χ1v) is 18.7. The van der Waals surface area contributed by atoms with E-state index >= 15 is 0 Å². The van der Waals surface area contributed by atoms with Crippen molar-refractivity contribution >= 4 is 5.97 Å². The van der Waals surface area contributed by atoms with Gasteiger partial charge >= 0.3 is 5.97 Å². The van der Waals surface area contributed by atoms with E-state index in [0.29, 0.717) is 12.8 Å². The SMILES string of the molecule is CC(O)CCCCC(O)CCC[C@H](O)[C@H]1CC[C@H]([C@H]2CC[C@H]([C@H](O)CCCCCCCCCCCCC3=CC(C)OC3=O)O2)O1. The molecule has 0 aromatic rings. The lowest BCUT2D eigenvalue weighted by molar-refractivity contribution is -0.139. The monoisotopic (exact) mass is 638 g/mol. The first-order valence-electron chi connectivity index (χ1n) is 18.7. The predicted octanol–water partition coefficient (Wildman–Crippen LogP) is 6.83. The van der Waals surface area contributed by atoms with Crippen LogP contribution in [0, 0.1) is 0 Å². The van der Waals surface area contributed by atoms with Gasteiger partial charge in [0.25, 0.3) is 0 Å². The molecular weight excluding hydrogens is 572 g/mol. The molecule has 8 heteroatoms. The van der Waals surface area contributed by atoms with Crippen LogP contribution in [0.25, 0.3) is 0 Å². The summed E-state index contributed by atoms with van der Waals surface area (Å²) >= 11 is 0. The van der Waals surface area contributed by atoms with Gasteiger partial charge in [0.2, 0.25) is 0 Å². The van der Waals surface area contributed by atoms with E-state index < -0.39 is 12.2 Å². The number of aliphatic hydroxyl groups is 4. The fourth-order valence-corrected chi connectivity index (χ4v) is 7.29. The second-order valence-electron chi connectivity index (χ2n) is 14.3. The molecule has 0 aromatic heterocycles. The lowest BCUT2D eigenvalue weighted by Gasteiger charge is -2.24. The minimum absolute atomic E-state index is 0.00492. The van der Waals surface area contributed by atoms with E-state index in [4.69, 9.17) is 14.2 Å². The smallest absolute Gasteiger partial charge is 0.334 e. The first kappa shape index (κ1) is 38.4. The molecule has 3 aliphatic heterocycles. The van der Waals surface area contributed by atoms with Crippen molar-refractivity contribution in [3.05, 3.63) is 11.6 Å². The van der Waals surface area contributed by atoms with Crippen molar-refractivity contribution < 1.29 is 39.4 Å². The maximum absolute atomic E-state index is 11.6. The third-order valence-corrected chi connectivity index (χ3v) is 10.1. The normalized spacial score (nSPS) is 27.8. The van der Waals surface area contributed by atoms with E-state index in [1.807, 2.05) is 13.0 Å².